The Hall–Kier alpha value is -0.580. The number of hydrogen-bond donors (Lipinski definition) is 1. The Morgan fingerprint density at radius 2 is 2.31 bits per heavy atom. The summed E-state index contributed by atoms with van der Waals surface area (Å²) in [6.45, 7) is 5.02. The molecule has 2 aromatic rings. The molecule has 0 aliphatic rings. The van der Waals surface area contributed by atoms with E-state index < -0.39 is 0 Å². The van der Waals surface area contributed by atoms with E-state index in [2.05, 4.69) is 62.5 Å². The maximum atomic E-state index is 3.57. The van der Waals surface area contributed by atoms with Gasteiger partial charge in [-0.2, -0.15) is 0 Å². The van der Waals surface area contributed by atoms with Crippen molar-refractivity contribution in [1.29, 1.82) is 0 Å². The summed E-state index contributed by atoms with van der Waals surface area (Å²) >= 11 is 5.36. The van der Waals surface area contributed by atoms with Crippen molar-refractivity contribution < 1.29 is 0 Å². The normalized spacial score (nSPS) is 10.9. The zero-order chi connectivity index (χ0) is 11.4. The molecule has 2 heterocycles. The Morgan fingerprint density at radius 1 is 1.44 bits per heavy atom. The molecule has 2 rings (SSSR count). The highest BCUT2D eigenvalue weighted by Gasteiger charge is 2.05. The minimum atomic E-state index is 0.937. The van der Waals surface area contributed by atoms with Crippen LogP contribution in [0.1, 0.15) is 17.5 Å². The Labute approximate surface area is 108 Å². The zero-order valence-electron chi connectivity index (χ0n) is 9.24. The van der Waals surface area contributed by atoms with Crippen molar-refractivity contribution in [2.24, 2.45) is 0 Å². The van der Waals surface area contributed by atoms with Gasteiger partial charge in [-0.05, 0) is 46.1 Å². The average molecular weight is 299 g/mol. The number of hydrogen-bond acceptors (Lipinski definition) is 2. The first-order valence-electron chi connectivity index (χ1n) is 5.38. The van der Waals surface area contributed by atoms with Gasteiger partial charge in [0.15, 0.2) is 0 Å². The average Bonchev–Trinajstić information content (AvgIpc) is 2.87. The second-order valence-electron chi connectivity index (χ2n) is 3.60. The van der Waals surface area contributed by atoms with Crippen LogP contribution in [0.25, 0.3) is 0 Å². The number of thiophene rings is 1. The molecule has 0 bridgehead atoms. The largest absolute Gasteiger partial charge is 0.345 e. The molecule has 0 amide bonds. The number of aromatic nitrogens is 1. The standard InChI is InChI=1S/C12H15BrN2S/c1-2-14-8-10-4-3-6-15(10)9-12-11(13)5-7-16-12/h3-7,14H,2,8-9H2,1H3. The number of nitrogens with one attached hydrogen (secondary N) is 1. The molecule has 0 fully saturated rings. The van der Waals surface area contributed by atoms with Gasteiger partial charge in [-0.15, -0.1) is 11.3 Å². The van der Waals surface area contributed by atoms with E-state index in [0.717, 1.165) is 19.6 Å². The molecule has 16 heavy (non-hydrogen) atoms. The van der Waals surface area contributed by atoms with E-state index in [1.54, 1.807) is 11.3 Å². The van der Waals surface area contributed by atoms with Crippen LogP contribution in [-0.2, 0) is 13.1 Å². The fourth-order valence-corrected chi connectivity index (χ4v) is 3.09. The summed E-state index contributed by atoms with van der Waals surface area (Å²) in [5, 5.41) is 5.47. The maximum Gasteiger partial charge on any atom is 0.0578 e. The molecule has 0 radical (unpaired) electrons. The first-order chi connectivity index (χ1) is 7.81. The summed E-state index contributed by atoms with van der Waals surface area (Å²) in [5.41, 5.74) is 1.34. The summed E-state index contributed by atoms with van der Waals surface area (Å²) < 4.78 is 3.50. The summed E-state index contributed by atoms with van der Waals surface area (Å²) in [4.78, 5) is 1.37. The summed E-state index contributed by atoms with van der Waals surface area (Å²) in [6, 6.07) is 6.38. The highest BCUT2D eigenvalue weighted by atomic mass is 79.9. The SMILES string of the molecule is CCNCc1cccn1Cc1sccc1Br. The third-order valence-corrected chi connectivity index (χ3v) is 4.40. The van der Waals surface area contributed by atoms with Crippen LogP contribution in [0, 0.1) is 0 Å². The molecule has 1 N–H and O–H groups in total. The molecule has 0 aromatic carbocycles. The van der Waals surface area contributed by atoms with Gasteiger partial charge >= 0.3 is 0 Å². The van der Waals surface area contributed by atoms with Gasteiger partial charge in [0.05, 0.1) is 6.54 Å². The maximum absolute atomic E-state index is 3.57. The lowest BCUT2D eigenvalue weighted by Crippen LogP contribution is -2.15. The van der Waals surface area contributed by atoms with Crippen molar-refractivity contribution in [3.05, 3.63) is 44.8 Å². The Kier molecular flexibility index (Phi) is 4.21. The van der Waals surface area contributed by atoms with Gasteiger partial charge in [0.2, 0.25) is 0 Å². The summed E-state index contributed by atoms with van der Waals surface area (Å²) in [5.74, 6) is 0. The molecule has 0 aliphatic carbocycles. The highest BCUT2D eigenvalue weighted by molar-refractivity contribution is 9.10. The van der Waals surface area contributed by atoms with Crippen LogP contribution in [0.2, 0.25) is 0 Å². The predicted octanol–water partition coefficient (Wildman–Crippen LogP) is 3.47. The number of nitrogens with zero attached hydrogens (tertiary/aromatic N) is 1. The molecule has 0 aliphatic heterocycles. The molecular formula is C12H15BrN2S. The van der Waals surface area contributed by atoms with Gasteiger partial charge in [-0.1, -0.05) is 6.92 Å². The van der Waals surface area contributed by atoms with E-state index in [9.17, 15) is 0 Å². The first kappa shape index (κ1) is 11.9. The smallest absolute Gasteiger partial charge is 0.0578 e. The van der Waals surface area contributed by atoms with E-state index in [4.69, 9.17) is 0 Å². The molecule has 0 unspecified atom stereocenters. The van der Waals surface area contributed by atoms with Crippen LogP contribution < -0.4 is 5.32 Å². The molecule has 0 atom stereocenters. The third-order valence-electron chi connectivity index (χ3n) is 2.48. The van der Waals surface area contributed by atoms with Crippen molar-refractivity contribution in [2.45, 2.75) is 20.0 Å². The van der Waals surface area contributed by atoms with Crippen molar-refractivity contribution in [2.75, 3.05) is 6.54 Å². The van der Waals surface area contributed by atoms with Crippen molar-refractivity contribution in [1.82, 2.24) is 9.88 Å². The van der Waals surface area contributed by atoms with Gasteiger partial charge in [-0.25, -0.2) is 0 Å². The van der Waals surface area contributed by atoms with Crippen molar-refractivity contribution in [3.63, 3.8) is 0 Å². The molecule has 2 nitrogen and oxygen atoms in total. The van der Waals surface area contributed by atoms with Gasteiger partial charge in [0.1, 0.15) is 0 Å². The Morgan fingerprint density at radius 3 is 3.00 bits per heavy atom. The van der Waals surface area contributed by atoms with Gasteiger partial charge in [-0.3, -0.25) is 0 Å². The van der Waals surface area contributed by atoms with Crippen LogP contribution in [0.3, 0.4) is 0 Å². The second-order valence-corrected chi connectivity index (χ2v) is 5.45. The van der Waals surface area contributed by atoms with E-state index in [1.165, 1.54) is 15.0 Å². The molecule has 0 spiro atoms. The molecule has 0 saturated carbocycles. The van der Waals surface area contributed by atoms with Gasteiger partial charge < -0.3 is 9.88 Å². The van der Waals surface area contributed by atoms with Gasteiger partial charge in [0, 0.05) is 27.8 Å². The predicted molar refractivity (Wildman–Crippen MR) is 72.9 cm³/mol. The Bertz CT molecular complexity index is 447. The number of rotatable bonds is 5. The molecule has 86 valence electrons. The van der Waals surface area contributed by atoms with E-state index in [1.807, 2.05) is 0 Å². The highest BCUT2D eigenvalue weighted by Crippen LogP contribution is 2.24. The zero-order valence-corrected chi connectivity index (χ0v) is 11.6. The van der Waals surface area contributed by atoms with Crippen LogP contribution in [0.15, 0.2) is 34.2 Å². The van der Waals surface area contributed by atoms with Crippen molar-refractivity contribution >= 4 is 27.3 Å². The first-order valence-corrected chi connectivity index (χ1v) is 7.05. The van der Waals surface area contributed by atoms with Crippen LogP contribution in [0.5, 0.6) is 0 Å². The topological polar surface area (TPSA) is 17.0 Å². The lowest BCUT2D eigenvalue weighted by atomic mass is 10.4. The molecule has 4 heteroatoms. The van der Waals surface area contributed by atoms with Crippen LogP contribution >= 0.6 is 27.3 Å². The number of halogens is 1. The lowest BCUT2D eigenvalue weighted by Gasteiger charge is -2.08. The minimum absolute atomic E-state index is 0.937. The monoisotopic (exact) mass is 298 g/mol. The Balaban J connectivity index is 2.09. The molecule has 2 aromatic heterocycles. The quantitative estimate of drug-likeness (QED) is 0.894. The molecular weight excluding hydrogens is 284 g/mol. The van der Waals surface area contributed by atoms with Crippen molar-refractivity contribution in [3.8, 4) is 0 Å². The third kappa shape index (κ3) is 2.75. The van der Waals surface area contributed by atoms with E-state index in [-0.39, 0.29) is 0 Å². The minimum Gasteiger partial charge on any atom is -0.345 e. The van der Waals surface area contributed by atoms with E-state index >= 15 is 0 Å². The lowest BCUT2D eigenvalue weighted by molar-refractivity contribution is 0.659. The summed E-state index contributed by atoms with van der Waals surface area (Å²) in [7, 11) is 0. The van der Waals surface area contributed by atoms with E-state index in [0.29, 0.717) is 0 Å². The fourth-order valence-electron chi connectivity index (χ4n) is 1.61. The fraction of sp³-hybridized carbons (Fsp3) is 0.333. The van der Waals surface area contributed by atoms with Crippen LogP contribution in [-0.4, -0.2) is 11.1 Å². The summed E-state index contributed by atoms with van der Waals surface area (Å²) in [6.07, 6.45) is 2.14. The van der Waals surface area contributed by atoms with Crippen LogP contribution in [0.4, 0.5) is 0 Å². The molecule has 0 saturated heterocycles. The van der Waals surface area contributed by atoms with Gasteiger partial charge in [0.25, 0.3) is 0 Å². The second kappa shape index (κ2) is 5.66.